The molecular formula is C16H25NO. The van der Waals surface area contributed by atoms with Crippen LogP contribution in [0.15, 0.2) is 24.3 Å². The fourth-order valence-electron chi connectivity index (χ4n) is 2.48. The molecule has 1 aliphatic rings. The Morgan fingerprint density at radius 2 is 1.72 bits per heavy atom. The van der Waals surface area contributed by atoms with E-state index < -0.39 is 5.60 Å². The van der Waals surface area contributed by atoms with Crippen molar-refractivity contribution in [2.24, 2.45) is 11.7 Å². The van der Waals surface area contributed by atoms with E-state index in [9.17, 15) is 5.11 Å². The molecule has 0 radical (unpaired) electrons. The van der Waals surface area contributed by atoms with E-state index in [1.165, 1.54) is 11.1 Å². The molecule has 2 nitrogen and oxygen atoms in total. The SMILES string of the molecule is CC(C)(C)c1ccc(CC(O)(CN)C2CC2)cc1. The van der Waals surface area contributed by atoms with Crippen LogP contribution in [0.3, 0.4) is 0 Å². The first-order valence-corrected chi connectivity index (χ1v) is 6.87. The molecule has 18 heavy (non-hydrogen) atoms. The van der Waals surface area contributed by atoms with Gasteiger partial charge in [0.1, 0.15) is 0 Å². The minimum absolute atomic E-state index is 0.180. The van der Waals surface area contributed by atoms with E-state index in [0.29, 0.717) is 18.9 Å². The van der Waals surface area contributed by atoms with Gasteiger partial charge in [-0.2, -0.15) is 0 Å². The summed E-state index contributed by atoms with van der Waals surface area (Å²) in [7, 11) is 0. The fraction of sp³-hybridized carbons (Fsp3) is 0.625. The molecule has 1 aromatic carbocycles. The number of nitrogens with two attached hydrogens (primary N) is 1. The van der Waals surface area contributed by atoms with Gasteiger partial charge in [-0.3, -0.25) is 0 Å². The van der Waals surface area contributed by atoms with E-state index in [2.05, 4.69) is 45.0 Å². The van der Waals surface area contributed by atoms with Crippen molar-refractivity contribution in [2.45, 2.75) is 51.0 Å². The average molecular weight is 247 g/mol. The lowest BCUT2D eigenvalue weighted by atomic mass is 9.85. The van der Waals surface area contributed by atoms with Gasteiger partial charge in [-0.15, -0.1) is 0 Å². The molecule has 0 heterocycles. The van der Waals surface area contributed by atoms with Gasteiger partial charge >= 0.3 is 0 Å². The maximum absolute atomic E-state index is 10.5. The summed E-state index contributed by atoms with van der Waals surface area (Å²) in [6.07, 6.45) is 2.92. The monoisotopic (exact) mass is 247 g/mol. The third-order valence-corrected chi connectivity index (χ3v) is 4.02. The lowest BCUT2D eigenvalue weighted by Gasteiger charge is -2.27. The molecule has 1 saturated carbocycles. The number of benzene rings is 1. The van der Waals surface area contributed by atoms with Gasteiger partial charge in [-0.1, -0.05) is 45.0 Å². The normalized spacial score (nSPS) is 19.6. The molecule has 1 unspecified atom stereocenters. The van der Waals surface area contributed by atoms with E-state index in [1.54, 1.807) is 0 Å². The highest BCUT2D eigenvalue weighted by Crippen LogP contribution is 2.41. The van der Waals surface area contributed by atoms with Crippen molar-refractivity contribution in [1.29, 1.82) is 0 Å². The van der Waals surface area contributed by atoms with Gasteiger partial charge in [0.15, 0.2) is 0 Å². The molecule has 0 saturated heterocycles. The summed E-state index contributed by atoms with van der Waals surface area (Å²) < 4.78 is 0. The van der Waals surface area contributed by atoms with Crippen LogP contribution >= 0.6 is 0 Å². The highest BCUT2D eigenvalue weighted by atomic mass is 16.3. The Labute approximate surface area is 110 Å². The number of hydrogen-bond acceptors (Lipinski definition) is 2. The molecule has 0 bridgehead atoms. The second kappa shape index (κ2) is 4.67. The molecule has 0 aliphatic heterocycles. The lowest BCUT2D eigenvalue weighted by Crippen LogP contribution is -2.42. The summed E-state index contributed by atoms with van der Waals surface area (Å²) in [4.78, 5) is 0. The van der Waals surface area contributed by atoms with Gasteiger partial charge < -0.3 is 10.8 Å². The smallest absolute Gasteiger partial charge is 0.0837 e. The van der Waals surface area contributed by atoms with Crippen LogP contribution in [0.1, 0.15) is 44.7 Å². The first-order valence-electron chi connectivity index (χ1n) is 6.87. The van der Waals surface area contributed by atoms with Crippen molar-refractivity contribution in [3.63, 3.8) is 0 Å². The summed E-state index contributed by atoms with van der Waals surface area (Å²) in [5.74, 6) is 0.407. The summed E-state index contributed by atoms with van der Waals surface area (Å²) in [6, 6.07) is 8.59. The van der Waals surface area contributed by atoms with Crippen molar-refractivity contribution in [3.05, 3.63) is 35.4 Å². The molecule has 1 aliphatic carbocycles. The average Bonchev–Trinajstić information content (AvgIpc) is 3.12. The van der Waals surface area contributed by atoms with E-state index in [4.69, 9.17) is 5.73 Å². The maximum Gasteiger partial charge on any atom is 0.0837 e. The van der Waals surface area contributed by atoms with E-state index in [-0.39, 0.29) is 5.41 Å². The quantitative estimate of drug-likeness (QED) is 0.859. The summed E-state index contributed by atoms with van der Waals surface area (Å²) >= 11 is 0. The van der Waals surface area contributed by atoms with Crippen molar-refractivity contribution in [3.8, 4) is 0 Å². The van der Waals surface area contributed by atoms with Crippen molar-refractivity contribution in [2.75, 3.05) is 6.54 Å². The molecule has 0 spiro atoms. The molecule has 2 rings (SSSR count). The largest absolute Gasteiger partial charge is 0.388 e. The Balaban J connectivity index is 2.10. The van der Waals surface area contributed by atoms with Gasteiger partial charge in [0.05, 0.1) is 5.60 Å². The third-order valence-electron chi connectivity index (χ3n) is 4.02. The molecule has 1 atom stereocenters. The van der Waals surface area contributed by atoms with E-state index in [0.717, 1.165) is 12.8 Å². The highest BCUT2D eigenvalue weighted by molar-refractivity contribution is 5.28. The van der Waals surface area contributed by atoms with Gasteiger partial charge in [-0.25, -0.2) is 0 Å². The zero-order chi connectivity index (χ0) is 13.4. The van der Waals surface area contributed by atoms with Gasteiger partial charge in [-0.05, 0) is 35.3 Å². The standard InChI is InChI=1S/C16H25NO/c1-15(2,3)13-6-4-12(5-7-13)10-16(18,11-17)14-8-9-14/h4-7,14,18H,8-11,17H2,1-3H3. The molecule has 1 aromatic rings. The minimum atomic E-state index is -0.691. The topological polar surface area (TPSA) is 46.2 Å². The van der Waals surface area contributed by atoms with Gasteiger partial charge in [0.25, 0.3) is 0 Å². The molecular weight excluding hydrogens is 222 g/mol. The molecule has 2 heteroatoms. The second-order valence-corrected chi connectivity index (χ2v) is 6.71. The predicted molar refractivity (Wildman–Crippen MR) is 75.6 cm³/mol. The maximum atomic E-state index is 10.5. The highest BCUT2D eigenvalue weighted by Gasteiger charge is 2.42. The zero-order valence-electron chi connectivity index (χ0n) is 11.7. The lowest BCUT2D eigenvalue weighted by molar-refractivity contribution is 0.0267. The Kier molecular flexibility index (Phi) is 3.52. The second-order valence-electron chi connectivity index (χ2n) is 6.71. The van der Waals surface area contributed by atoms with Crippen LogP contribution in [0.4, 0.5) is 0 Å². The first-order chi connectivity index (χ1) is 8.35. The number of rotatable bonds is 4. The summed E-state index contributed by atoms with van der Waals surface area (Å²) in [5.41, 5.74) is 7.74. The summed E-state index contributed by atoms with van der Waals surface area (Å²) in [5, 5.41) is 10.5. The molecule has 3 N–H and O–H groups in total. The van der Waals surface area contributed by atoms with Crippen molar-refractivity contribution in [1.82, 2.24) is 0 Å². The fourth-order valence-corrected chi connectivity index (χ4v) is 2.48. The Morgan fingerprint density at radius 1 is 1.17 bits per heavy atom. The first kappa shape index (κ1) is 13.6. The van der Waals surface area contributed by atoms with Gasteiger partial charge in [0, 0.05) is 13.0 Å². The van der Waals surface area contributed by atoms with Crippen LogP contribution in [0.2, 0.25) is 0 Å². The Hall–Kier alpha value is -0.860. The van der Waals surface area contributed by atoms with Crippen molar-refractivity contribution >= 4 is 0 Å². The van der Waals surface area contributed by atoms with Crippen LogP contribution in [-0.4, -0.2) is 17.3 Å². The van der Waals surface area contributed by atoms with Crippen molar-refractivity contribution < 1.29 is 5.11 Å². The number of hydrogen-bond donors (Lipinski definition) is 2. The van der Waals surface area contributed by atoms with E-state index >= 15 is 0 Å². The van der Waals surface area contributed by atoms with Gasteiger partial charge in [0.2, 0.25) is 0 Å². The third kappa shape index (κ3) is 2.93. The van der Waals surface area contributed by atoms with Crippen LogP contribution in [0.25, 0.3) is 0 Å². The molecule has 0 aromatic heterocycles. The van der Waals surface area contributed by atoms with Crippen LogP contribution in [0, 0.1) is 5.92 Å². The molecule has 100 valence electrons. The minimum Gasteiger partial charge on any atom is -0.388 e. The Bertz CT molecular complexity index is 400. The molecule has 0 amide bonds. The Morgan fingerprint density at radius 3 is 2.11 bits per heavy atom. The zero-order valence-corrected chi connectivity index (χ0v) is 11.7. The molecule has 1 fully saturated rings. The summed E-state index contributed by atoms with van der Waals surface area (Å²) in [6.45, 7) is 6.99. The predicted octanol–water partition coefficient (Wildman–Crippen LogP) is 2.63. The van der Waals surface area contributed by atoms with Crippen LogP contribution < -0.4 is 5.73 Å². The van der Waals surface area contributed by atoms with Crippen LogP contribution in [-0.2, 0) is 11.8 Å². The number of aliphatic hydroxyl groups is 1. The van der Waals surface area contributed by atoms with E-state index in [1.807, 2.05) is 0 Å². The van der Waals surface area contributed by atoms with Crippen LogP contribution in [0.5, 0.6) is 0 Å².